The van der Waals surface area contributed by atoms with Crippen LogP contribution in [0.1, 0.15) is 52.2 Å². The number of benzene rings is 2. The van der Waals surface area contributed by atoms with Gasteiger partial charge in [-0.05, 0) is 46.6 Å². The third-order valence-electron chi connectivity index (χ3n) is 4.86. The number of amides is 1. The maximum absolute atomic E-state index is 12.7. The quantitative estimate of drug-likeness (QED) is 0.651. The summed E-state index contributed by atoms with van der Waals surface area (Å²) in [6.07, 6.45) is 2.55. The fourth-order valence-electron chi connectivity index (χ4n) is 3.34. The molecule has 2 aromatic carbocycles. The van der Waals surface area contributed by atoms with Crippen LogP contribution in [0, 0.1) is 5.92 Å². The molecule has 0 fully saturated rings. The van der Waals surface area contributed by atoms with Crippen LogP contribution in [0.25, 0.3) is 5.57 Å². The van der Waals surface area contributed by atoms with Gasteiger partial charge in [-0.1, -0.05) is 58.9 Å². The number of ether oxygens (including phenoxy) is 2. The molecule has 4 heteroatoms. The number of allylic oxidation sites excluding steroid dienone is 1. The number of nitrogens with one attached hydrogen (secondary N) is 1. The van der Waals surface area contributed by atoms with Gasteiger partial charge in [-0.3, -0.25) is 4.79 Å². The van der Waals surface area contributed by atoms with Gasteiger partial charge in [0.1, 0.15) is 13.2 Å². The first-order chi connectivity index (χ1) is 13.7. The standard InChI is InChI=1S/C25H31NO3/c1-17(2)14-19(18-6-8-20(9-7-18)25(3,4)5)15-24(27)26-21-10-11-22-23(16-21)29-13-12-28-22/h6-11,15-17H,12-14H2,1-5H3,(H,26,27). The number of carbonyl (C=O) groups excluding carboxylic acids is 1. The van der Waals surface area contributed by atoms with Crippen molar-refractivity contribution in [1.29, 1.82) is 0 Å². The molecule has 0 atom stereocenters. The molecule has 4 nitrogen and oxygen atoms in total. The summed E-state index contributed by atoms with van der Waals surface area (Å²) in [6, 6.07) is 14.0. The zero-order valence-corrected chi connectivity index (χ0v) is 18.0. The Morgan fingerprint density at radius 1 is 1.03 bits per heavy atom. The van der Waals surface area contributed by atoms with E-state index in [1.807, 2.05) is 12.1 Å². The number of hydrogen-bond acceptors (Lipinski definition) is 3. The van der Waals surface area contributed by atoms with E-state index < -0.39 is 0 Å². The lowest BCUT2D eigenvalue weighted by Gasteiger charge is -2.20. The molecule has 1 aliphatic heterocycles. The molecule has 1 aliphatic rings. The van der Waals surface area contributed by atoms with Crippen molar-refractivity contribution in [3.8, 4) is 11.5 Å². The average Bonchev–Trinajstić information content (AvgIpc) is 2.66. The summed E-state index contributed by atoms with van der Waals surface area (Å²) >= 11 is 0. The van der Waals surface area contributed by atoms with Crippen molar-refractivity contribution in [1.82, 2.24) is 0 Å². The Hall–Kier alpha value is -2.75. The predicted octanol–water partition coefficient (Wildman–Crippen LogP) is 5.82. The molecule has 1 heterocycles. The number of fused-ring (bicyclic) bond motifs is 1. The van der Waals surface area contributed by atoms with Crippen LogP contribution in [0.5, 0.6) is 11.5 Å². The lowest BCUT2D eigenvalue weighted by atomic mass is 9.85. The van der Waals surface area contributed by atoms with Crippen LogP contribution in [0.4, 0.5) is 5.69 Å². The zero-order valence-electron chi connectivity index (χ0n) is 18.0. The topological polar surface area (TPSA) is 47.6 Å². The summed E-state index contributed by atoms with van der Waals surface area (Å²) in [4.78, 5) is 12.7. The Balaban J connectivity index is 1.80. The number of anilines is 1. The Kier molecular flexibility index (Phi) is 6.31. The van der Waals surface area contributed by atoms with Crippen LogP contribution >= 0.6 is 0 Å². The molecule has 29 heavy (non-hydrogen) atoms. The lowest BCUT2D eigenvalue weighted by molar-refractivity contribution is -0.111. The largest absolute Gasteiger partial charge is 0.486 e. The Labute approximate surface area is 173 Å². The van der Waals surface area contributed by atoms with Crippen LogP contribution in [-0.2, 0) is 10.2 Å². The Morgan fingerprint density at radius 3 is 2.31 bits per heavy atom. The fourth-order valence-corrected chi connectivity index (χ4v) is 3.34. The van der Waals surface area contributed by atoms with Gasteiger partial charge in [-0.25, -0.2) is 0 Å². The van der Waals surface area contributed by atoms with E-state index in [2.05, 4.69) is 64.2 Å². The van der Waals surface area contributed by atoms with Crippen molar-refractivity contribution in [3.05, 3.63) is 59.7 Å². The molecule has 1 amide bonds. The summed E-state index contributed by atoms with van der Waals surface area (Å²) < 4.78 is 11.1. The fraction of sp³-hybridized carbons (Fsp3) is 0.400. The summed E-state index contributed by atoms with van der Waals surface area (Å²) in [5.74, 6) is 1.69. The second-order valence-electron chi connectivity index (χ2n) is 8.94. The Morgan fingerprint density at radius 2 is 1.69 bits per heavy atom. The lowest BCUT2D eigenvalue weighted by Crippen LogP contribution is -2.16. The van der Waals surface area contributed by atoms with E-state index in [0.717, 1.165) is 17.6 Å². The van der Waals surface area contributed by atoms with Crippen molar-refractivity contribution in [3.63, 3.8) is 0 Å². The summed E-state index contributed by atoms with van der Waals surface area (Å²) in [5.41, 5.74) is 4.21. The first kappa shape index (κ1) is 21.0. The molecule has 0 bridgehead atoms. The van der Waals surface area contributed by atoms with Crippen LogP contribution < -0.4 is 14.8 Å². The highest BCUT2D eigenvalue weighted by Gasteiger charge is 2.15. The minimum Gasteiger partial charge on any atom is -0.486 e. The van der Waals surface area contributed by atoms with Gasteiger partial charge in [0.2, 0.25) is 5.91 Å². The van der Waals surface area contributed by atoms with Crippen molar-refractivity contribution in [2.45, 2.75) is 46.5 Å². The van der Waals surface area contributed by atoms with E-state index in [-0.39, 0.29) is 11.3 Å². The number of rotatable bonds is 5. The second-order valence-corrected chi connectivity index (χ2v) is 8.94. The van der Waals surface area contributed by atoms with Gasteiger partial charge in [0.15, 0.2) is 11.5 Å². The molecule has 0 saturated carbocycles. The number of hydrogen-bond donors (Lipinski definition) is 1. The molecule has 3 rings (SSSR count). The van der Waals surface area contributed by atoms with Crippen LogP contribution in [0.2, 0.25) is 0 Å². The van der Waals surface area contributed by atoms with Gasteiger partial charge in [-0.15, -0.1) is 0 Å². The third-order valence-corrected chi connectivity index (χ3v) is 4.86. The highest BCUT2D eigenvalue weighted by atomic mass is 16.6. The predicted molar refractivity (Wildman–Crippen MR) is 119 cm³/mol. The highest BCUT2D eigenvalue weighted by Crippen LogP contribution is 2.33. The summed E-state index contributed by atoms with van der Waals surface area (Å²) in [6.45, 7) is 12.0. The Bertz CT molecular complexity index is 889. The molecule has 0 aromatic heterocycles. The van der Waals surface area contributed by atoms with Crippen molar-refractivity contribution < 1.29 is 14.3 Å². The normalized spacial score (nSPS) is 14.1. The van der Waals surface area contributed by atoms with Gasteiger partial charge in [0.05, 0.1) is 0 Å². The van der Waals surface area contributed by atoms with E-state index in [9.17, 15) is 4.79 Å². The van der Waals surface area contributed by atoms with Crippen LogP contribution in [-0.4, -0.2) is 19.1 Å². The van der Waals surface area contributed by atoms with Crippen LogP contribution in [0.3, 0.4) is 0 Å². The molecule has 0 unspecified atom stereocenters. The maximum atomic E-state index is 12.7. The monoisotopic (exact) mass is 393 g/mol. The second kappa shape index (κ2) is 8.73. The molecule has 0 saturated heterocycles. The summed E-state index contributed by atoms with van der Waals surface area (Å²) in [7, 11) is 0. The molecule has 1 N–H and O–H groups in total. The molecule has 0 radical (unpaired) electrons. The van der Waals surface area contributed by atoms with Gasteiger partial charge in [-0.2, -0.15) is 0 Å². The van der Waals surface area contributed by atoms with Crippen molar-refractivity contribution in [2.24, 2.45) is 5.92 Å². The van der Waals surface area contributed by atoms with Gasteiger partial charge >= 0.3 is 0 Å². The van der Waals surface area contributed by atoms with Crippen molar-refractivity contribution >= 4 is 17.2 Å². The number of carbonyl (C=O) groups is 1. The highest BCUT2D eigenvalue weighted by molar-refractivity contribution is 6.04. The molecule has 0 aliphatic carbocycles. The van der Waals surface area contributed by atoms with E-state index in [0.29, 0.717) is 36.3 Å². The van der Waals surface area contributed by atoms with Gasteiger partial charge in [0.25, 0.3) is 0 Å². The minimum atomic E-state index is -0.141. The van der Waals surface area contributed by atoms with E-state index in [4.69, 9.17) is 9.47 Å². The average molecular weight is 394 g/mol. The first-order valence-corrected chi connectivity index (χ1v) is 10.2. The van der Waals surface area contributed by atoms with E-state index >= 15 is 0 Å². The summed E-state index contributed by atoms with van der Waals surface area (Å²) in [5, 5.41) is 2.95. The first-order valence-electron chi connectivity index (χ1n) is 10.2. The third kappa shape index (κ3) is 5.63. The molecule has 154 valence electrons. The van der Waals surface area contributed by atoms with Crippen LogP contribution in [0.15, 0.2) is 48.5 Å². The van der Waals surface area contributed by atoms with E-state index in [1.54, 1.807) is 12.1 Å². The SMILES string of the molecule is CC(C)CC(=CC(=O)Nc1ccc2c(c1)OCCO2)c1ccc(C(C)(C)C)cc1. The molecule has 0 spiro atoms. The van der Waals surface area contributed by atoms with Crippen molar-refractivity contribution in [2.75, 3.05) is 18.5 Å². The smallest absolute Gasteiger partial charge is 0.248 e. The molecular formula is C25H31NO3. The van der Waals surface area contributed by atoms with Gasteiger partial charge < -0.3 is 14.8 Å². The van der Waals surface area contributed by atoms with Gasteiger partial charge in [0, 0.05) is 17.8 Å². The minimum absolute atomic E-state index is 0.107. The molecule has 2 aromatic rings. The zero-order chi connectivity index (χ0) is 21.0. The maximum Gasteiger partial charge on any atom is 0.248 e. The van der Waals surface area contributed by atoms with E-state index in [1.165, 1.54) is 5.56 Å². The molecular weight excluding hydrogens is 362 g/mol.